The zero-order valence-corrected chi connectivity index (χ0v) is 21.9. The number of carbonyl (C=O) groups is 2. The van der Waals surface area contributed by atoms with Crippen molar-refractivity contribution in [3.8, 4) is 11.5 Å². The summed E-state index contributed by atoms with van der Waals surface area (Å²) in [6, 6.07) is 2.53. The molecule has 5 atom stereocenters. The van der Waals surface area contributed by atoms with Crippen LogP contribution in [0.5, 0.6) is 11.5 Å². The number of carbonyl (C=O) groups excluding carboxylic acids is 2. The van der Waals surface area contributed by atoms with Gasteiger partial charge >= 0.3 is 0 Å². The molecular weight excluding hydrogens is 496 g/mol. The summed E-state index contributed by atoms with van der Waals surface area (Å²) < 4.78 is 22.9. The molecule has 2 aliphatic heterocycles. The van der Waals surface area contributed by atoms with E-state index in [9.17, 15) is 24.9 Å². The molecule has 210 valence electrons. The Bertz CT molecular complexity index is 1020. The Labute approximate surface area is 222 Å². The van der Waals surface area contributed by atoms with Crippen LogP contribution in [0.3, 0.4) is 0 Å². The van der Waals surface area contributed by atoms with E-state index in [-0.39, 0.29) is 25.7 Å². The summed E-state index contributed by atoms with van der Waals surface area (Å²) in [5.41, 5.74) is 1.49. The first-order valence-electron chi connectivity index (χ1n) is 13.2. The van der Waals surface area contributed by atoms with Gasteiger partial charge in [0.25, 0.3) is 5.91 Å². The van der Waals surface area contributed by atoms with Gasteiger partial charge in [-0.25, -0.2) is 0 Å². The molecule has 0 radical (unpaired) electrons. The van der Waals surface area contributed by atoms with Gasteiger partial charge in [0.05, 0.1) is 32.3 Å². The molecule has 1 saturated heterocycles. The molecule has 1 fully saturated rings. The highest BCUT2D eigenvalue weighted by Gasteiger charge is 2.52. The van der Waals surface area contributed by atoms with Crippen molar-refractivity contribution in [3.05, 3.63) is 34.9 Å². The van der Waals surface area contributed by atoms with Gasteiger partial charge in [0, 0.05) is 44.0 Å². The molecule has 4 rings (SSSR count). The number of fused-ring (bicyclic) bond motifs is 3. The maximum absolute atomic E-state index is 13.6. The Balaban J connectivity index is 1.75. The third-order valence-electron chi connectivity index (χ3n) is 7.23. The van der Waals surface area contributed by atoms with Gasteiger partial charge in [-0.15, -0.1) is 0 Å². The first-order chi connectivity index (χ1) is 18.4. The molecule has 5 unspecified atom stereocenters. The van der Waals surface area contributed by atoms with Crippen LogP contribution < -0.4 is 14.8 Å². The van der Waals surface area contributed by atoms with E-state index in [1.54, 1.807) is 23.1 Å². The number of nitrogens with one attached hydrogen (secondary N) is 1. The Hall–Kier alpha value is -2.70. The highest BCUT2D eigenvalue weighted by Crippen LogP contribution is 2.51. The zero-order valence-electron chi connectivity index (χ0n) is 21.9. The third-order valence-corrected chi connectivity index (χ3v) is 7.23. The van der Waals surface area contributed by atoms with Crippen LogP contribution in [0.4, 0.5) is 0 Å². The summed E-state index contributed by atoms with van der Waals surface area (Å²) in [4.78, 5) is 28.5. The minimum absolute atomic E-state index is 0.0431. The summed E-state index contributed by atoms with van der Waals surface area (Å²) in [5.74, 6) is -0.589. The van der Waals surface area contributed by atoms with Crippen LogP contribution in [0, 0.1) is 0 Å². The smallest absolute Gasteiger partial charge is 0.252 e. The van der Waals surface area contributed by atoms with E-state index in [0.29, 0.717) is 67.4 Å². The number of amides is 2. The lowest BCUT2D eigenvalue weighted by Gasteiger charge is -2.41. The molecule has 38 heavy (non-hydrogen) atoms. The Morgan fingerprint density at radius 2 is 2.08 bits per heavy atom. The molecule has 1 aromatic rings. The number of hydrogen-bond donors (Lipinski definition) is 4. The molecule has 0 saturated carbocycles. The number of aliphatic hydroxyl groups excluding tert-OH is 3. The minimum Gasteiger partial charge on any atom is -0.493 e. The average Bonchev–Trinajstić information content (AvgIpc) is 3.61. The second-order valence-corrected chi connectivity index (χ2v) is 9.60. The van der Waals surface area contributed by atoms with Crippen LogP contribution >= 0.6 is 0 Å². The van der Waals surface area contributed by atoms with Crippen molar-refractivity contribution in [2.75, 3.05) is 46.6 Å². The number of methoxy groups -OCH3 is 1. The first-order valence-corrected chi connectivity index (χ1v) is 13.2. The van der Waals surface area contributed by atoms with Gasteiger partial charge < -0.3 is 44.5 Å². The summed E-state index contributed by atoms with van der Waals surface area (Å²) in [5, 5.41) is 33.4. The lowest BCUT2D eigenvalue weighted by atomic mass is 9.77. The molecule has 11 heteroatoms. The van der Waals surface area contributed by atoms with E-state index >= 15 is 0 Å². The molecule has 1 aromatic carbocycles. The Kier molecular flexibility index (Phi) is 9.61. The highest BCUT2D eigenvalue weighted by molar-refractivity contribution is 5.96. The van der Waals surface area contributed by atoms with Crippen molar-refractivity contribution in [1.29, 1.82) is 0 Å². The van der Waals surface area contributed by atoms with Gasteiger partial charge in [-0.1, -0.05) is 0 Å². The molecule has 0 aromatic heterocycles. The molecular formula is C27H38N2O9. The Morgan fingerprint density at radius 3 is 2.74 bits per heavy atom. The van der Waals surface area contributed by atoms with Gasteiger partial charge in [0.15, 0.2) is 11.5 Å². The predicted molar refractivity (Wildman–Crippen MR) is 136 cm³/mol. The van der Waals surface area contributed by atoms with Crippen LogP contribution in [-0.2, 0) is 25.7 Å². The maximum Gasteiger partial charge on any atom is 0.252 e. The fourth-order valence-electron chi connectivity index (χ4n) is 5.46. The quantitative estimate of drug-likeness (QED) is 0.277. The molecule has 4 N–H and O–H groups in total. The van der Waals surface area contributed by atoms with E-state index in [1.807, 2.05) is 6.92 Å². The van der Waals surface area contributed by atoms with Gasteiger partial charge in [-0.2, -0.15) is 0 Å². The summed E-state index contributed by atoms with van der Waals surface area (Å²) in [7, 11) is 1.48. The lowest BCUT2D eigenvalue weighted by molar-refractivity contribution is -0.147. The van der Waals surface area contributed by atoms with Crippen molar-refractivity contribution in [2.24, 2.45) is 0 Å². The second kappa shape index (κ2) is 12.9. The maximum atomic E-state index is 13.6. The predicted octanol–water partition coefficient (Wildman–Crippen LogP) is 0.244. The summed E-state index contributed by atoms with van der Waals surface area (Å²) >= 11 is 0. The van der Waals surface area contributed by atoms with E-state index in [1.165, 1.54) is 7.11 Å². The van der Waals surface area contributed by atoms with Crippen molar-refractivity contribution in [1.82, 2.24) is 10.2 Å². The summed E-state index contributed by atoms with van der Waals surface area (Å²) in [6.07, 6.45) is 0.872. The first kappa shape index (κ1) is 28.3. The normalized spacial score (nSPS) is 25.7. The lowest BCUT2D eigenvalue weighted by Crippen LogP contribution is -2.57. The van der Waals surface area contributed by atoms with Crippen LogP contribution in [0.2, 0.25) is 0 Å². The second-order valence-electron chi connectivity index (χ2n) is 9.60. The molecule has 2 heterocycles. The summed E-state index contributed by atoms with van der Waals surface area (Å²) in [6.45, 7) is 3.24. The standard InChI is InChI=1S/C27H38N2O9/c1-3-36-10-5-8-29(27(34)20-6-4-11-37-20)19-14-18(26(33)28-7-9-30)22-17-12-16(15-31)13-21(35-2)24(17)38-25(22)23(19)32/h12-14,19-20,22-23,25,30-32H,3-11,15H2,1-2H3,(H,28,33). The van der Waals surface area contributed by atoms with E-state index in [4.69, 9.17) is 18.9 Å². The van der Waals surface area contributed by atoms with Gasteiger partial charge in [-0.05, 0) is 50.0 Å². The number of nitrogens with zero attached hydrogens (tertiary/aromatic N) is 1. The number of aliphatic hydroxyl groups is 3. The molecule has 0 bridgehead atoms. The SMILES string of the molecule is CCOCCCN(C(=O)C1CCCO1)C1C=C(C(=O)NCCO)C2c3cc(CO)cc(OC)c3OC2C1O. The van der Waals surface area contributed by atoms with Crippen LogP contribution in [0.1, 0.15) is 43.2 Å². The van der Waals surface area contributed by atoms with Gasteiger partial charge in [-0.3, -0.25) is 9.59 Å². The zero-order chi connectivity index (χ0) is 27.2. The van der Waals surface area contributed by atoms with E-state index < -0.39 is 36.2 Å². The van der Waals surface area contributed by atoms with Crippen molar-refractivity contribution < 1.29 is 43.9 Å². The van der Waals surface area contributed by atoms with Gasteiger partial charge in [0.2, 0.25) is 5.91 Å². The van der Waals surface area contributed by atoms with Crippen LogP contribution in [0.25, 0.3) is 0 Å². The molecule has 11 nitrogen and oxygen atoms in total. The largest absolute Gasteiger partial charge is 0.493 e. The van der Waals surface area contributed by atoms with E-state index in [2.05, 4.69) is 5.32 Å². The number of rotatable bonds is 12. The highest BCUT2D eigenvalue weighted by atomic mass is 16.5. The fourth-order valence-corrected chi connectivity index (χ4v) is 5.46. The molecule has 0 spiro atoms. The average molecular weight is 535 g/mol. The van der Waals surface area contributed by atoms with Crippen LogP contribution in [-0.4, -0.2) is 103 Å². The van der Waals surface area contributed by atoms with Crippen LogP contribution in [0.15, 0.2) is 23.8 Å². The molecule has 2 amide bonds. The van der Waals surface area contributed by atoms with Crippen molar-refractivity contribution >= 4 is 11.8 Å². The van der Waals surface area contributed by atoms with Crippen molar-refractivity contribution in [2.45, 2.75) is 63.1 Å². The Morgan fingerprint density at radius 1 is 1.26 bits per heavy atom. The minimum atomic E-state index is -1.17. The monoisotopic (exact) mass is 534 g/mol. The fraction of sp³-hybridized carbons (Fsp3) is 0.630. The van der Waals surface area contributed by atoms with Crippen molar-refractivity contribution in [3.63, 3.8) is 0 Å². The van der Waals surface area contributed by atoms with Gasteiger partial charge in [0.1, 0.15) is 18.3 Å². The molecule has 3 aliphatic rings. The van der Waals surface area contributed by atoms with E-state index in [0.717, 1.165) is 6.42 Å². The number of benzene rings is 1. The number of ether oxygens (including phenoxy) is 4. The third kappa shape index (κ3) is 5.67. The molecule has 1 aliphatic carbocycles. The number of hydrogen-bond acceptors (Lipinski definition) is 9. The topological polar surface area (TPSA) is 147 Å².